The summed E-state index contributed by atoms with van der Waals surface area (Å²) >= 11 is 5.80. The second-order valence-corrected chi connectivity index (χ2v) is 7.27. The number of aryl methyl sites for hydroxylation is 1. The number of oxazole rings is 1. The fourth-order valence-corrected chi connectivity index (χ4v) is 3.20. The lowest BCUT2D eigenvalue weighted by molar-refractivity contribution is -0.384. The predicted molar refractivity (Wildman–Crippen MR) is 120 cm³/mol. The van der Waals surface area contributed by atoms with Crippen molar-refractivity contribution in [2.45, 2.75) is 6.92 Å². The summed E-state index contributed by atoms with van der Waals surface area (Å²) in [6, 6.07) is 17.2. The summed E-state index contributed by atoms with van der Waals surface area (Å²) in [6.45, 7) is 1.98. The Balaban J connectivity index is 1.50. The van der Waals surface area contributed by atoms with Crippen LogP contribution in [0.15, 0.2) is 71.2 Å². The van der Waals surface area contributed by atoms with Gasteiger partial charge in [0.05, 0.1) is 4.92 Å². The number of fused-ring (bicyclic) bond motifs is 1. The average Bonchev–Trinajstić information content (AvgIpc) is 3.16. The van der Waals surface area contributed by atoms with Crippen LogP contribution in [0.25, 0.3) is 28.6 Å². The first kappa shape index (κ1) is 20.3. The maximum atomic E-state index is 12.3. The van der Waals surface area contributed by atoms with Crippen LogP contribution in [-0.4, -0.2) is 15.8 Å². The molecule has 0 atom stereocenters. The van der Waals surface area contributed by atoms with Crippen molar-refractivity contribution in [1.29, 1.82) is 0 Å². The van der Waals surface area contributed by atoms with E-state index in [1.165, 1.54) is 24.3 Å². The Bertz CT molecular complexity index is 1340. The van der Waals surface area contributed by atoms with E-state index in [1.54, 1.807) is 24.3 Å². The summed E-state index contributed by atoms with van der Waals surface area (Å²) in [6.07, 6.45) is 2.77. The van der Waals surface area contributed by atoms with Gasteiger partial charge in [-0.05, 0) is 60.5 Å². The van der Waals surface area contributed by atoms with E-state index in [-0.39, 0.29) is 16.6 Å². The van der Waals surface area contributed by atoms with Crippen molar-refractivity contribution in [3.05, 3.63) is 93.0 Å². The number of carbonyl (C=O) groups excluding carboxylic acids is 1. The van der Waals surface area contributed by atoms with Crippen molar-refractivity contribution < 1.29 is 14.1 Å². The molecule has 0 radical (unpaired) electrons. The second-order valence-electron chi connectivity index (χ2n) is 6.86. The predicted octanol–water partition coefficient (Wildman–Crippen LogP) is 6.02. The quantitative estimate of drug-likeness (QED) is 0.236. The van der Waals surface area contributed by atoms with Gasteiger partial charge in [-0.1, -0.05) is 29.8 Å². The molecule has 0 bridgehead atoms. The van der Waals surface area contributed by atoms with Gasteiger partial charge < -0.3 is 9.73 Å². The van der Waals surface area contributed by atoms with Crippen LogP contribution in [0.4, 0.5) is 11.4 Å². The number of benzene rings is 3. The van der Waals surface area contributed by atoms with Crippen molar-refractivity contribution in [3.63, 3.8) is 0 Å². The van der Waals surface area contributed by atoms with E-state index in [2.05, 4.69) is 10.3 Å². The van der Waals surface area contributed by atoms with Crippen molar-refractivity contribution in [3.8, 4) is 11.5 Å². The van der Waals surface area contributed by atoms with Crippen LogP contribution in [0.5, 0.6) is 0 Å². The summed E-state index contributed by atoms with van der Waals surface area (Å²) < 4.78 is 5.84. The third kappa shape index (κ3) is 4.62. The van der Waals surface area contributed by atoms with Gasteiger partial charge in [0.15, 0.2) is 5.58 Å². The van der Waals surface area contributed by atoms with Gasteiger partial charge in [0.25, 0.3) is 5.69 Å². The minimum absolute atomic E-state index is 0.0396. The SMILES string of the molecule is Cc1ccc2nc(-c3cccc(NC(=O)C=Cc4ccc(Cl)c([N+](=O)[O-])c4)c3)oc2c1. The average molecular weight is 434 g/mol. The van der Waals surface area contributed by atoms with Crippen LogP contribution in [0, 0.1) is 17.0 Å². The highest BCUT2D eigenvalue weighted by Gasteiger charge is 2.12. The van der Waals surface area contributed by atoms with Crippen molar-refractivity contribution in [2.24, 2.45) is 0 Å². The highest BCUT2D eigenvalue weighted by molar-refractivity contribution is 6.32. The Kier molecular flexibility index (Phi) is 5.51. The Morgan fingerprint density at radius 3 is 2.81 bits per heavy atom. The number of nitro benzene ring substituents is 1. The normalized spacial score (nSPS) is 11.2. The van der Waals surface area contributed by atoms with Crippen LogP contribution in [-0.2, 0) is 4.79 Å². The van der Waals surface area contributed by atoms with E-state index in [0.717, 1.165) is 16.6 Å². The molecule has 0 saturated heterocycles. The number of anilines is 1. The van der Waals surface area contributed by atoms with Gasteiger partial charge in [-0.15, -0.1) is 0 Å². The number of nitrogens with zero attached hydrogens (tertiary/aromatic N) is 2. The summed E-state index contributed by atoms with van der Waals surface area (Å²) in [7, 11) is 0. The highest BCUT2D eigenvalue weighted by Crippen LogP contribution is 2.27. The molecule has 4 rings (SSSR count). The molecule has 8 heteroatoms. The Hall–Kier alpha value is -3.97. The van der Waals surface area contributed by atoms with Gasteiger partial charge >= 0.3 is 0 Å². The molecule has 0 aliphatic rings. The highest BCUT2D eigenvalue weighted by atomic mass is 35.5. The maximum absolute atomic E-state index is 12.3. The molecule has 0 saturated carbocycles. The van der Waals surface area contributed by atoms with Gasteiger partial charge in [0, 0.05) is 23.4 Å². The van der Waals surface area contributed by atoms with Crippen molar-refractivity contribution >= 4 is 46.1 Å². The van der Waals surface area contributed by atoms with Crippen LogP contribution in [0.2, 0.25) is 5.02 Å². The molecule has 1 N–H and O–H groups in total. The van der Waals surface area contributed by atoms with Gasteiger partial charge in [-0.25, -0.2) is 4.98 Å². The van der Waals surface area contributed by atoms with Crippen LogP contribution in [0.3, 0.4) is 0 Å². The number of rotatable bonds is 5. The number of hydrogen-bond donors (Lipinski definition) is 1. The van der Waals surface area contributed by atoms with Crippen LogP contribution < -0.4 is 5.32 Å². The van der Waals surface area contributed by atoms with E-state index in [1.807, 2.05) is 31.2 Å². The van der Waals surface area contributed by atoms with Crippen molar-refractivity contribution in [2.75, 3.05) is 5.32 Å². The zero-order valence-corrected chi connectivity index (χ0v) is 17.1. The number of amides is 1. The lowest BCUT2D eigenvalue weighted by atomic mass is 10.2. The first-order valence-electron chi connectivity index (χ1n) is 9.30. The van der Waals surface area contributed by atoms with E-state index in [9.17, 15) is 14.9 Å². The Morgan fingerprint density at radius 2 is 2.00 bits per heavy atom. The molecule has 0 fully saturated rings. The topological polar surface area (TPSA) is 98.3 Å². The van der Waals surface area contributed by atoms with E-state index >= 15 is 0 Å². The summed E-state index contributed by atoms with van der Waals surface area (Å²) in [4.78, 5) is 27.2. The molecule has 3 aromatic carbocycles. The van der Waals surface area contributed by atoms with Crippen LogP contribution >= 0.6 is 11.6 Å². The molecule has 0 aliphatic carbocycles. The first-order valence-corrected chi connectivity index (χ1v) is 9.67. The third-order valence-corrected chi connectivity index (χ3v) is 4.83. The minimum Gasteiger partial charge on any atom is -0.436 e. The zero-order valence-electron chi connectivity index (χ0n) is 16.3. The molecule has 1 amide bonds. The Labute approximate surface area is 182 Å². The monoisotopic (exact) mass is 433 g/mol. The Morgan fingerprint density at radius 1 is 1.16 bits per heavy atom. The van der Waals surface area contributed by atoms with Crippen LogP contribution in [0.1, 0.15) is 11.1 Å². The molecule has 31 heavy (non-hydrogen) atoms. The molecule has 154 valence electrons. The standard InChI is InChI=1S/C23H16ClN3O4/c1-14-5-9-19-21(11-14)31-23(26-19)16-3-2-4-17(13-16)25-22(28)10-7-15-6-8-18(24)20(12-15)27(29)30/h2-13H,1H3,(H,25,28). The van der Waals surface area contributed by atoms with Gasteiger partial charge in [0.2, 0.25) is 11.8 Å². The molecular weight excluding hydrogens is 418 g/mol. The fraction of sp³-hybridized carbons (Fsp3) is 0.0435. The summed E-state index contributed by atoms with van der Waals surface area (Å²) in [5, 5.41) is 13.8. The molecule has 0 aliphatic heterocycles. The molecule has 1 aromatic heterocycles. The van der Waals surface area contributed by atoms with Crippen molar-refractivity contribution in [1.82, 2.24) is 4.98 Å². The molecule has 0 unspecified atom stereocenters. The third-order valence-electron chi connectivity index (χ3n) is 4.52. The second kappa shape index (κ2) is 8.41. The summed E-state index contributed by atoms with van der Waals surface area (Å²) in [5.74, 6) is 0.0728. The molecule has 7 nitrogen and oxygen atoms in total. The lowest BCUT2D eigenvalue weighted by Gasteiger charge is -2.04. The number of nitro groups is 1. The number of hydrogen-bond acceptors (Lipinski definition) is 5. The van der Waals surface area contributed by atoms with Gasteiger partial charge in [-0.3, -0.25) is 14.9 Å². The van der Waals surface area contributed by atoms with E-state index < -0.39 is 4.92 Å². The molecular formula is C23H16ClN3O4. The number of halogens is 1. The molecule has 1 heterocycles. The zero-order chi connectivity index (χ0) is 22.0. The summed E-state index contributed by atoms with van der Waals surface area (Å²) in [5.41, 5.74) is 4.09. The smallest absolute Gasteiger partial charge is 0.288 e. The van der Waals surface area contributed by atoms with E-state index in [0.29, 0.717) is 22.7 Å². The first-order chi connectivity index (χ1) is 14.9. The van der Waals surface area contributed by atoms with E-state index in [4.69, 9.17) is 16.0 Å². The minimum atomic E-state index is -0.571. The maximum Gasteiger partial charge on any atom is 0.288 e. The molecule has 4 aromatic rings. The molecule has 0 spiro atoms. The fourth-order valence-electron chi connectivity index (χ4n) is 3.01. The number of nitrogens with one attached hydrogen (secondary N) is 1. The van der Waals surface area contributed by atoms with Gasteiger partial charge in [0.1, 0.15) is 10.5 Å². The largest absolute Gasteiger partial charge is 0.436 e. The number of carbonyl (C=O) groups is 1. The number of aromatic nitrogens is 1. The van der Waals surface area contributed by atoms with Gasteiger partial charge in [-0.2, -0.15) is 0 Å². The lowest BCUT2D eigenvalue weighted by Crippen LogP contribution is -2.07.